The maximum absolute atomic E-state index is 13.1. The molecule has 0 aliphatic heterocycles. The Kier molecular flexibility index (Phi) is 4.75. The molecule has 5 heteroatoms. The van der Waals surface area contributed by atoms with E-state index in [1.165, 1.54) is 19.2 Å². The summed E-state index contributed by atoms with van der Waals surface area (Å²) in [4.78, 5) is 4.15. The van der Waals surface area contributed by atoms with E-state index in [1.807, 2.05) is 0 Å². The Morgan fingerprint density at radius 3 is 2.82 bits per heavy atom. The number of hydrogen-bond donors (Lipinski definition) is 2. The number of halogens is 1. The summed E-state index contributed by atoms with van der Waals surface area (Å²) in [5.74, 6) is 0.521. The smallest absolute Gasteiger partial charge is 0.193 e. The van der Waals surface area contributed by atoms with Crippen molar-refractivity contribution < 1.29 is 9.13 Å². The van der Waals surface area contributed by atoms with Crippen LogP contribution in [0.15, 0.2) is 23.2 Å². The topological polar surface area (TPSA) is 59.6 Å². The molecule has 0 unspecified atom stereocenters. The number of anilines is 1. The molecule has 0 aliphatic carbocycles. The second-order valence-electron chi connectivity index (χ2n) is 4.09. The molecule has 0 aliphatic rings. The predicted molar refractivity (Wildman–Crippen MR) is 67.9 cm³/mol. The van der Waals surface area contributed by atoms with Crippen LogP contribution in [0.2, 0.25) is 0 Å². The summed E-state index contributed by atoms with van der Waals surface area (Å²) < 4.78 is 18.0. The van der Waals surface area contributed by atoms with Gasteiger partial charge in [0.2, 0.25) is 0 Å². The SMILES string of the molecule is COc1cc(NC(N)=NCC(C)C)ccc1F. The summed E-state index contributed by atoms with van der Waals surface area (Å²) >= 11 is 0. The summed E-state index contributed by atoms with van der Waals surface area (Å²) in [7, 11) is 1.42. The van der Waals surface area contributed by atoms with Crippen LogP contribution < -0.4 is 15.8 Å². The highest BCUT2D eigenvalue weighted by molar-refractivity contribution is 5.92. The minimum atomic E-state index is -0.407. The van der Waals surface area contributed by atoms with E-state index in [-0.39, 0.29) is 5.75 Å². The summed E-state index contributed by atoms with van der Waals surface area (Å²) in [5, 5.41) is 2.88. The third kappa shape index (κ3) is 4.30. The van der Waals surface area contributed by atoms with Crippen molar-refractivity contribution in [2.75, 3.05) is 19.0 Å². The molecule has 1 aromatic rings. The monoisotopic (exact) mass is 239 g/mol. The second-order valence-corrected chi connectivity index (χ2v) is 4.09. The van der Waals surface area contributed by atoms with Crippen molar-refractivity contribution in [3.8, 4) is 5.75 Å². The molecule has 94 valence electrons. The lowest BCUT2D eigenvalue weighted by Crippen LogP contribution is -2.23. The molecular weight excluding hydrogens is 221 g/mol. The number of methoxy groups -OCH3 is 1. The third-order valence-corrected chi connectivity index (χ3v) is 2.05. The highest BCUT2D eigenvalue weighted by atomic mass is 19.1. The van der Waals surface area contributed by atoms with Crippen molar-refractivity contribution in [2.45, 2.75) is 13.8 Å². The van der Waals surface area contributed by atoms with Crippen molar-refractivity contribution >= 4 is 11.6 Å². The molecule has 17 heavy (non-hydrogen) atoms. The van der Waals surface area contributed by atoms with Gasteiger partial charge in [-0.25, -0.2) is 4.39 Å². The van der Waals surface area contributed by atoms with E-state index in [9.17, 15) is 4.39 Å². The molecule has 1 aromatic carbocycles. The van der Waals surface area contributed by atoms with Crippen molar-refractivity contribution in [3.05, 3.63) is 24.0 Å². The molecule has 0 bridgehead atoms. The molecule has 0 amide bonds. The molecule has 0 spiro atoms. The quantitative estimate of drug-likeness (QED) is 0.625. The largest absolute Gasteiger partial charge is 0.494 e. The fourth-order valence-corrected chi connectivity index (χ4v) is 1.21. The van der Waals surface area contributed by atoms with Crippen LogP contribution in [0.3, 0.4) is 0 Å². The van der Waals surface area contributed by atoms with Gasteiger partial charge < -0.3 is 15.8 Å². The minimum Gasteiger partial charge on any atom is -0.494 e. The first-order valence-electron chi connectivity index (χ1n) is 5.43. The number of benzene rings is 1. The van der Waals surface area contributed by atoms with Gasteiger partial charge in [0.05, 0.1) is 7.11 Å². The number of aliphatic imine (C=N–C) groups is 1. The number of rotatable bonds is 4. The van der Waals surface area contributed by atoms with Crippen LogP contribution in [0.5, 0.6) is 5.75 Å². The summed E-state index contributed by atoms with van der Waals surface area (Å²) in [5.41, 5.74) is 6.33. The van der Waals surface area contributed by atoms with Crippen LogP contribution in [0.1, 0.15) is 13.8 Å². The Balaban J connectivity index is 2.71. The van der Waals surface area contributed by atoms with Crippen LogP contribution in [0.25, 0.3) is 0 Å². The van der Waals surface area contributed by atoms with Gasteiger partial charge in [0.1, 0.15) is 0 Å². The highest BCUT2D eigenvalue weighted by Crippen LogP contribution is 2.21. The zero-order valence-electron chi connectivity index (χ0n) is 10.3. The van der Waals surface area contributed by atoms with E-state index < -0.39 is 5.82 Å². The first kappa shape index (κ1) is 13.3. The van der Waals surface area contributed by atoms with E-state index >= 15 is 0 Å². The molecule has 0 fully saturated rings. The minimum absolute atomic E-state index is 0.173. The number of nitrogens with two attached hydrogens (primary N) is 1. The first-order valence-corrected chi connectivity index (χ1v) is 5.43. The van der Waals surface area contributed by atoms with E-state index in [2.05, 4.69) is 24.2 Å². The Hall–Kier alpha value is -1.78. The number of nitrogens with zero attached hydrogens (tertiary/aromatic N) is 1. The van der Waals surface area contributed by atoms with E-state index in [4.69, 9.17) is 10.5 Å². The number of nitrogens with one attached hydrogen (secondary N) is 1. The molecule has 0 saturated carbocycles. The zero-order chi connectivity index (χ0) is 12.8. The average Bonchev–Trinajstić information content (AvgIpc) is 2.29. The Labute approximate surface area is 101 Å². The van der Waals surface area contributed by atoms with Crippen molar-refractivity contribution in [3.63, 3.8) is 0 Å². The van der Waals surface area contributed by atoms with Crippen LogP contribution in [0, 0.1) is 11.7 Å². The van der Waals surface area contributed by atoms with E-state index in [1.54, 1.807) is 6.07 Å². The van der Waals surface area contributed by atoms with Gasteiger partial charge in [-0.2, -0.15) is 0 Å². The van der Waals surface area contributed by atoms with Crippen LogP contribution in [0.4, 0.5) is 10.1 Å². The van der Waals surface area contributed by atoms with Gasteiger partial charge in [0.25, 0.3) is 0 Å². The van der Waals surface area contributed by atoms with Crippen molar-refractivity contribution in [2.24, 2.45) is 16.6 Å². The molecule has 4 nitrogen and oxygen atoms in total. The number of ether oxygens (including phenoxy) is 1. The molecule has 1 rings (SSSR count). The molecule has 0 radical (unpaired) electrons. The molecule has 0 saturated heterocycles. The molecule has 0 aromatic heterocycles. The molecule has 0 heterocycles. The predicted octanol–water partition coefficient (Wildman–Crippen LogP) is 2.22. The third-order valence-electron chi connectivity index (χ3n) is 2.05. The van der Waals surface area contributed by atoms with Gasteiger partial charge in [-0.3, -0.25) is 4.99 Å². The van der Waals surface area contributed by atoms with Crippen LogP contribution >= 0.6 is 0 Å². The van der Waals surface area contributed by atoms with Gasteiger partial charge in [0.15, 0.2) is 17.5 Å². The fourth-order valence-electron chi connectivity index (χ4n) is 1.21. The molecular formula is C12H18FN3O. The number of hydrogen-bond acceptors (Lipinski definition) is 2. The van der Waals surface area contributed by atoms with Gasteiger partial charge >= 0.3 is 0 Å². The molecule has 0 atom stereocenters. The fraction of sp³-hybridized carbons (Fsp3) is 0.417. The standard InChI is InChI=1S/C12H18FN3O/c1-8(2)7-15-12(14)16-9-4-5-10(13)11(6-9)17-3/h4-6,8H,7H2,1-3H3,(H3,14,15,16). The summed E-state index contributed by atoms with van der Waals surface area (Å²) in [6.07, 6.45) is 0. The second kappa shape index (κ2) is 6.08. The lowest BCUT2D eigenvalue weighted by Gasteiger charge is -2.08. The van der Waals surface area contributed by atoms with Gasteiger partial charge in [-0.15, -0.1) is 0 Å². The van der Waals surface area contributed by atoms with Crippen molar-refractivity contribution in [1.29, 1.82) is 0 Å². The lowest BCUT2D eigenvalue weighted by atomic mass is 10.2. The zero-order valence-corrected chi connectivity index (χ0v) is 10.3. The first-order chi connectivity index (χ1) is 8.02. The maximum Gasteiger partial charge on any atom is 0.193 e. The maximum atomic E-state index is 13.1. The lowest BCUT2D eigenvalue weighted by molar-refractivity contribution is 0.387. The highest BCUT2D eigenvalue weighted by Gasteiger charge is 2.04. The van der Waals surface area contributed by atoms with Gasteiger partial charge in [-0.05, 0) is 18.1 Å². The van der Waals surface area contributed by atoms with E-state index in [0.717, 1.165) is 0 Å². The average molecular weight is 239 g/mol. The summed E-state index contributed by atoms with van der Waals surface area (Å²) in [6, 6.07) is 4.43. The van der Waals surface area contributed by atoms with Crippen LogP contribution in [-0.2, 0) is 0 Å². The Bertz CT molecular complexity index is 405. The normalized spacial score (nSPS) is 11.7. The Morgan fingerprint density at radius 2 is 2.24 bits per heavy atom. The van der Waals surface area contributed by atoms with Crippen LogP contribution in [-0.4, -0.2) is 19.6 Å². The van der Waals surface area contributed by atoms with E-state index in [0.29, 0.717) is 24.1 Å². The van der Waals surface area contributed by atoms with Gasteiger partial charge in [0, 0.05) is 18.3 Å². The summed E-state index contributed by atoms with van der Waals surface area (Å²) in [6.45, 7) is 4.76. The molecule has 3 N–H and O–H groups in total. The number of guanidine groups is 1. The van der Waals surface area contributed by atoms with Gasteiger partial charge in [-0.1, -0.05) is 13.8 Å². The Morgan fingerprint density at radius 1 is 1.53 bits per heavy atom. The van der Waals surface area contributed by atoms with Crippen molar-refractivity contribution in [1.82, 2.24) is 0 Å².